The molecule has 3 aromatic heterocycles. The van der Waals surface area contributed by atoms with Gasteiger partial charge in [-0.1, -0.05) is 18.2 Å². The maximum atomic E-state index is 15.2. The molecular weight excluding hydrogens is 494 g/mol. The molecule has 2 aromatic carbocycles. The number of anilines is 1. The van der Waals surface area contributed by atoms with Crippen molar-refractivity contribution in [2.45, 2.75) is 39.9 Å². The fourth-order valence-corrected chi connectivity index (χ4v) is 5.42. The summed E-state index contributed by atoms with van der Waals surface area (Å²) in [5.74, 6) is 0.131. The Kier molecular flexibility index (Phi) is 5.55. The molecule has 0 bridgehead atoms. The van der Waals surface area contributed by atoms with E-state index >= 15 is 4.39 Å². The van der Waals surface area contributed by atoms with E-state index in [0.717, 1.165) is 56.9 Å². The summed E-state index contributed by atoms with van der Waals surface area (Å²) in [7, 11) is 0. The molecule has 0 saturated carbocycles. The van der Waals surface area contributed by atoms with Crippen molar-refractivity contribution in [2.75, 3.05) is 11.4 Å². The van der Waals surface area contributed by atoms with Crippen LogP contribution in [0.4, 0.5) is 23.4 Å². The smallest absolute Gasteiger partial charge is 0.361 e. The van der Waals surface area contributed by atoms with Gasteiger partial charge in [-0.15, -0.1) is 0 Å². The van der Waals surface area contributed by atoms with Crippen LogP contribution in [0.2, 0.25) is 0 Å². The standard InChI is InChI=1S/C29H25F4N5/c1-16-5-4-6-17(2)27(16)38-28(21-13-23(30)18(3)26-20(21)9-11-34-26)22-15-37(12-10-24(22)36-38)25-8-7-19(14-35-25)29(31,32)33/h4-9,11,13-14,34H,10,12,15H2,1-3H3. The number of aromatic amines is 1. The molecule has 0 saturated heterocycles. The number of hydrogen-bond donors (Lipinski definition) is 1. The lowest BCUT2D eigenvalue weighted by molar-refractivity contribution is -0.137. The summed E-state index contributed by atoms with van der Waals surface area (Å²) in [6.07, 6.45) is -1.21. The lowest BCUT2D eigenvalue weighted by atomic mass is 9.96. The number of nitrogens with one attached hydrogen (secondary N) is 1. The van der Waals surface area contributed by atoms with Gasteiger partial charge in [0.15, 0.2) is 0 Å². The van der Waals surface area contributed by atoms with Crippen molar-refractivity contribution in [2.24, 2.45) is 0 Å². The largest absolute Gasteiger partial charge is 0.417 e. The Bertz CT molecular complexity index is 1660. The van der Waals surface area contributed by atoms with Gasteiger partial charge in [-0.05, 0) is 56.2 Å². The van der Waals surface area contributed by atoms with Crippen LogP contribution < -0.4 is 4.90 Å². The fraction of sp³-hybridized carbons (Fsp3) is 0.241. The Labute approximate surface area is 216 Å². The maximum absolute atomic E-state index is 15.2. The lowest BCUT2D eigenvalue weighted by Gasteiger charge is -2.28. The third-order valence-electron chi connectivity index (χ3n) is 7.38. The Balaban J connectivity index is 1.55. The van der Waals surface area contributed by atoms with Crippen molar-refractivity contribution >= 4 is 16.7 Å². The van der Waals surface area contributed by atoms with Crippen molar-refractivity contribution in [1.29, 1.82) is 0 Å². The van der Waals surface area contributed by atoms with Crippen molar-refractivity contribution in [3.8, 4) is 16.9 Å². The molecule has 6 rings (SSSR count). The number of para-hydroxylation sites is 1. The van der Waals surface area contributed by atoms with Gasteiger partial charge in [0.05, 0.1) is 28.2 Å². The summed E-state index contributed by atoms with van der Waals surface area (Å²) in [5.41, 5.74) is 6.75. The van der Waals surface area contributed by atoms with Gasteiger partial charge in [0.1, 0.15) is 11.6 Å². The zero-order valence-electron chi connectivity index (χ0n) is 21.1. The minimum Gasteiger partial charge on any atom is -0.361 e. The third kappa shape index (κ3) is 3.84. The highest BCUT2D eigenvalue weighted by molar-refractivity contribution is 5.97. The van der Waals surface area contributed by atoms with Crippen molar-refractivity contribution in [3.63, 3.8) is 0 Å². The number of rotatable bonds is 3. The number of nitrogens with zero attached hydrogens (tertiary/aromatic N) is 4. The average molecular weight is 520 g/mol. The van der Waals surface area contributed by atoms with Crippen LogP contribution in [0.3, 0.4) is 0 Å². The fourth-order valence-electron chi connectivity index (χ4n) is 5.42. The SMILES string of the molecule is Cc1cccc(C)c1-n1nc2c(c1-c1cc(F)c(C)c3[nH]ccc13)CN(c1ccc(C(F)(F)F)cn1)CC2. The van der Waals surface area contributed by atoms with Crippen LogP contribution in [-0.4, -0.2) is 26.3 Å². The Hall–Kier alpha value is -4.14. The highest BCUT2D eigenvalue weighted by atomic mass is 19.4. The molecule has 0 spiro atoms. The van der Waals surface area contributed by atoms with Gasteiger partial charge in [0.2, 0.25) is 0 Å². The predicted octanol–water partition coefficient (Wildman–Crippen LogP) is 7.06. The van der Waals surface area contributed by atoms with E-state index in [1.54, 1.807) is 19.2 Å². The second-order valence-electron chi connectivity index (χ2n) is 9.80. The number of H-pyrrole nitrogens is 1. The number of alkyl halides is 3. The lowest BCUT2D eigenvalue weighted by Crippen LogP contribution is -2.31. The van der Waals surface area contributed by atoms with Gasteiger partial charge < -0.3 is 9.88 Å². The number of halogens is 4. The number of hydrogen-bond acceptors (Lipinski definition) is 3. The molecule has 9 heteroatoms. The second-order valence-corrected chi connectivity index (χ2v) is 9.80. The molecule has 0 unspecified atom stereocenters. The Morgan fingerprint density at radius 1 is 1.00 bits per heavy atom. The van der Waals surface area contributed by atoms with E-state index < -0.39 is 11.7 Å². The third-order valence-corrected chi connectivity index (χ3v) is 7.38. The van der Waals surface area contributed by atoms with Crippen molar-refractivity contribution in [3.05, 3.63) is 94.2 Å². The molecule has 5 nitrogen and oxygen atoms in total. The van der Waals surface area contributed by atoms with Crippen molar-refractivity contribution in [1.82, 2.24) is 19.7 Å². The summed E-state index contributed by atoms with van der Waals surface area (Å²) < 4.78 is 56.4. The van der Waals surface area contributed by atoms with Crippen LogP contribution in [0.5, 0.6) is 0 Å². The topological polar surface area (TPSA) is 49.7 Å². The van der Waals surface area contributed by atoms with E-state index in [-0.39, 0.29) is 5.82 Å². The molecule has 1 aliphatic rings. The first-order chi connectivity index (χ1) is 18.1. The van der Waals surface area contributed by atoms with E-state index in [1.807, 2.05) is 47.7 Å². The monoisotopic (exact) mass is 519 g/mol. The van der Waals surface area contributed by atoms with Crippen LogP contribution in [0.1, 0.15) is 33.5 Å². The molecule has 0 aliphatic carbocycles. The Morgan fingerprint density at radius 2 is 1.76 bits per heavy atom. The van der Waals surface area contributed by atoms with Gasteiger partial charge >= 0.3 is 6.18 Å². The van der Waals surface area contributed by atoms with Crippen LogP contribution >= 0.6 is 0 Å². The second kappa shape index (κ2) is 8.72. The van der Waals surface area contributed by atoms with E-state index in [1.165, 1.54) is 6.07 Å². The van der Waals surface area contributed by atoms with Crippen LogP contribution in [0.25, 0.3) is 27.8 Å². The van der Waals surface area contributed by atoms with Crippen LogP contribution in [-0.2, 0) is 19.1 Å². The quantitative estimate of drug-likeness (QED) is 0.260. The van der Waals surface area contributed by atoms with Crippen LogP contribution in [0, 0.1) is 26.6 Å². The first kappa shape index (κ1) is 24.2. The summed E-state index contributed by atoms with van der Waals surface area (Å²) >= 11 is 0. The van der Waals surface area contributed by atoms with E-state index in [0.29, 0.717) is 36.5 Å². The molecule has 0 amide bonds. The number of pyridine rings is 1. The van der Waals surface area contributed by atoms with Gasteiger partial charge in [-0.3, -0.25) is 0 Å². The first-order valence-corrected chi connectivity index (χ1v) is 12.4. The minimum absolute atomic E-state index is 0.324. The summed E-state index contributed by atoms with van der Waals surface area (Å²) in [6.45, 7) is 6.72. The van der Waals surface area contributed by atoms with Crippen molar-refractivity contribution < 1.29 is 17.6 Å². The molecule has 0 atom stereocenters. The van der Waals surface area contributed by atoms with Gasteiger partial charge in [-0.25, -0.2) is 14.1 Å². The molecule has 38 heavy (non-hydrogen) atoms. The molecule has 4 heterocycles. The number of aryl methyl sites for hydroxylation is 3. The molecule has 5 aromatic rings. The maximum Gasteiger partial charge on any atom is 0.417 e. The van der Waals surface area contributed by atoms with Gasteiger partial charge in [0, 0.05) is 54.0 Å². The van der Waals surface area contributed by atoms with Gasteiger partial charge in [-0.2, -0.15) is 18.3 Å². The number of aromatic nitrogens is 4. The highest BCUT2D eigenvalue weighted by Gasteiger charge is 2.32. The Morgan fingerprint density at radius 3 is 2.45 bits per heavy atom. The van der Waals surface area contributed by atoms with Gasteiger partial charge in [0.25, 0.3) is 0 Å². The molecule has 0 fully saturated rings. The molecule has 1 N–H and O–H groups in total. The molecule has 194 valence electrons. The zero-order chi connectivity index (χ0) is 26.8. The first-order valence-electron chi connectivity index (χ1n) is 12.4. The summed E-state index contributed by atoms with van der Waals surface area (Å²) in [4.78, 5) is 9.23. The highest BCUT2D eigenvalue weighted by Crippen LogP contribution is 2.40. The normalized spacial score (nSPS) is 13.8. The predicted molar refractivity (Wildman–Crippen MR) is 139 cm³/mol. The number of benzene rings is 2. The number of fused-ring (bicyclic) bond motifs is 2. The summed E-state index contributed by atoms with van der Waals surface area (Å²) in [6, 6.07) is 12.0. The summed E-state index contributed by atoms with van der Waals surface area (Å²) in [5, 5.41) is 5.90. The van der Waals surface area contributed by atoms with E-state index in [2.05, 4.69) is 9.97 Å². The molecule has 0 radical (unpaired) electrons. The van der Waals surface area contributed by atoms with E-state index in [9.17, 15) is 13.2 Å². The van der Waals surface area contributed by atoms with E-state index in [4.69, 9.17) is 5.10 Å². The molecular formula is C29H25F4N5. The zero-order valence-corrected chi connectivity index (χ0v) is 21.1. The van der Waals surface area contributed by atoms with Crippen LogP contribution in [0.15, 0.2) is 54.9 Å². The minimum atomic E-state index is -4.45. The molecule has 1 aliphatic heterocycles. The average Bonchev–Trinajstić information content (AvgIpc) is 3.51.